The maximum Gasteiger partial charge on any atom is 0.105 e. The highest BCUT2D eigenvalue weighted by Crippen LogP contribution is 2.35. The first-order chi connectivity index (χ1) is 9.75. The zero-order valence-electron chi connectivity index (χ0n) is 10.4. The van der Waals surface area contributed by atoms with Crippen LogP contribution in [0.4, 0.5) is 0 Å². The van der Waals surface area contributed by atoms with Crippen molar-refractivity contribution in [3.63, 3.8) is 0 Å². The van der Waals surface area contributed by atoms with E-state index in [-0.39, 0.29) is 0 Å². The average Bonchev–Trinajstić information content (AvgIpc) is 2.51. The van der Waals surface area contributed by atoms with Gasteiger partial charge in [-0.05, 0) is 17.5 Å². The van der Waals surface area contributed by atoms with Crippen molar-refractivity contribution in [3.05, 3.63) is 48.5 Å². The number of fused-ring (bicyclic) bond motifs is 4. The standard InChI is InChI=1S/C16H10N2S2/c19-15-10-6-2-1-5-9(10)13-14(16(15)20)18-12-8-4-3-7-11(12)17-13/h1-8,19-20H. The van der Waals surface area contributed by atoms with Crippen LogP contribution in [0.5, 0.6) is 0 Å². The number of para-hydroxylation sites is 2. The lowest BCUT2D eigenvalue weighted by Crippen LogP contribution is -1.91. The fourth-order valence-electron chi connectivity index (χ4n) is 2.49. The maximum atomic E-state index is 4.76. The topological polar surface area (TPSA) is 25.8 Å². The van der Waals surface area contributed by atoms with Crippen LogP contribution < -0.4 is 0 Å². The third-order valence-electron chi connectivity index (χ3n) is 3.46. The number of thiol groups is 2. The van der Waals surface area contributed by atoms with Crippen LogP contribution in [0.3, 0.4) is 0 Å². The normalized spacial score (nSPS) is 11.5. The molecule has 0 saturated carbocycles. The van der Waals surface area contributed by atoms with E-state index in [0.717, 1.165) is 42.6 Å². The van der Waals surface area contributed by atoms with Crippen LogP contribution in [0, 0.1) is 0 Å². The molecular formula is C16H10N2S2. The fraction of sp³-hybridized carbons (Fsp3) is 0. The number of benzene rings is 3. The lowest BCUT2D eigenvalue weighted by atomic mass is 10.1. The first-order valence-electron chi connectivity index (χ1n) is 6.25. The highest BCUT2D eigenvalue weighted by atomic mass is 32.1. The third-order valence-corrected chi connectivity index (χ3v) is 4.53. The van der Waals surface area contributed by atoms with Gasteiger partial charge in [-0.3, -0.25) is 0 Å². The Morgan fingerprint density at radius 1 is 0.600 bits per heavy atom. The van der Waals surface area contributed by atoms with E-state index in [2.05, 4.69) is 25.3 Å². The van der Waals surface area contributed by atoms with Crippen LogP contribution in [0.1, 0.15) is 0 Å². The molecule has 4 aromatic rings. The van der Waals surface area contributed by atoms with Crippen LogP contribution in [-0.4, -0.2) is 9.97 Å². The summed E-state index contributed by atoms with van der Waals surface area (Å²) in [6.45, 7) is 0. The average molecular weight is 294 g/mol. The molecule has 4 heteroatoms. The van der Waals surface area contributed by atoms with Crippen molar-refractivity contribution in [2.75, 3.05) is 0 Å². The number of nitrogens with zero attached hydrogens (tertiary/aromatic N) is 2. The molecule has 0 unspecified atom stereocenters. The molecular weight excluding hydrogens is 284 g/mol. The molecule has 20 heavy (non-hydrogen) atoms. The SMILES string of the molecule is Sc1c(S)c2nc3ccccc3nc2c2ccccc12. The maximum absolute atomic E-state index is 4.76. The van der Waals surface area contributed by atoms with Gasteiger partial charge in [0.25, 0.3) is 0 Å². The van der Waals surface area contributed by atoms with Gasteiger partial charge in [0.05, 0.1) is 16.6 Å². The van der Waals surface area contributed by atoms with E-state index in [1.807, 2.05) is 48.5 Å². The first kappa shape index (κ1) is 12.0. The second-order valence-electron chi connectivity index (χ2n) is 4.65. The van der Waals surface area contributed by atoms with Crippen molar-refractivity contribution in [2.24, 2.45) is 0 Å². The molecule has 0 radical (unpaired) electrons. The largest absolute Gasteiger partial charge is 0.244 e. The molecule has 0 aliphatic heterocycles. The van der Waals surface area contributed by atoms with Gasteiger partial charge in [0.1, 0.15) is 5.52 Å². The van der Waals surface area contributed by atoms with Gasteiger partial charge in [-0.25, -0.2) is 9.97 Å². The van der Waals surface area contributed by atoms with E-state index >= 15 is 0 Å². The molecule has 4 rings (SSSR count). The molecule has 0 spiro atoms. The predicted octanol–water partition coefficient (Wildman–Crippen LogP) is 4.51. The van der Waals surface area contributed by atoms with Crippen LogP contribution in [0.15, 0.2) is 58.3 Å². The summed E-state index contributed by atoms with van der Waals surface area (Å²) in [5, 5.41) is 2.11. The molecule has 1 heterocycles. The Hall–Kier alpha value is -1.78. The summed E-state index contributed by atoms with van der Waals surface area (Å²) in [5.74, 6) is 0. The molecule has 0 atom stereocenters. The van der Waals surface area contributed by atoms with Crippen LogP contribution >= 0.6 is 25.3 Å². The second kappa shape index (κ2) is 4.36. The highest BCUT2D eigenvalue weighted by Gasteiger charge is 2.12. The fourth-order valence-corrected chi connectivity index (χ4v) is 3.07. The van der Waals surface area contributed by atoms with Crippen LogP contribution in [0.25, 0.3) is 32.8 Å². The van der Waals surface area contributed by atoms with Crippen molar-refractivity contribution >= 4 is 58.1 Å². The molecule has 0 aliphatic rings. The molecule has 96 valence electrons. The quantitative estimate of drug-likeness (QED) is 0.283. The van der Waals surface area contributed by atoms with Gasteiger partial charge in [0.15, 0.2) is 0 Å². The number of aromatic nitrogens is 2. The Bertz CT molecular complexity index is 980. The minimum absolute atomic E-state index is 0.778. The number of hydrogen-bond acceptors (Lipinski definition) is 4. The van der Waals surface area contributed by atoms with Crippen molar-refractivity contribution in [2.45, 2.75) is 9.79 Å². The summed E-state index contributed by atoms with van der Waals surface area (Å²) in [6, 6.07) is 16.0. The second-order valence-corrected chi connectivity index (χ2v) is 5.55. The van der Waals surface area contributed by atoms with Gasteiger partial charge in [0.2, 0.25) is 0 Å². The van der Waals surface area contributed by atoms with Gasteiger partial charge in [-0.2, -0.15) is 0 Å². The van der Waals surface area contributed by atoms with Gasteiger partial charge in [-0.1, -0.05) is 36.4 Å². The smallest absolute Gasteiger partial charge is 0.105 e. The Labute approximate surface area is 126 Å². The molecule has 0 saturated heterocycles. The van der Waals surface area contributed by atoms with Crippen molar-refractivity contribution < 1.29 is 0 Å². The first-order valence-corrected chi connectivity index (χ1v) is 7.14. The zero-order valence-corrected chi connectivity index (χ0v) is 12.2. The molecule has 2 nitrogen and oxygen atoms in total. The summed E-state index contributed by atoms with van der Waals surface area (Å²) in [7, 11) is 0. The highest BCUT2D eigenvalue weighted by molar-refractivity contribution is 7.84. The Morgan fingerprint density at radius 3 is 1.85 bits per heavy atom. The van der Waals surface area contributed by atoms with E-state index in [1.54, 1.807) is 0 Å². The molecule has 1 aromatic heterocycles. The Kier molecular flexibility index (Phi) is 2.62. The zero-order chi connectivity index (χ0) is 13.7. The van der Waals surface area contributed by atoms with E-state index in [0.29, 0.717) is 0 Å². The van der Waals surface area contributed by atoms with Gasteiger partial charge in [0, 0.05) is 15.2 Å². The monoisotopic (exact) mass is 294 g/mol. The summed E-state index contributed by atoms with van der Waals surface area (Å²) >= 11 is 9.18. The van der Waals surface area contributed by atoms with Crippen LogP contribution in [0.2, 0.25) is 0 Å². The lowest BCUT2D eigenvalue weighted by Gasteiger charge is -2.10. The molecule has 0 bridgehead atoms. The summed E-state index contributed by atoms with van der Waals surface area (Å²) in [5.41, 5.74) is 3.45. The Balaban J connectivity index is 2.33. The lowest BCUT2D eigenvalue weighted by molar-refractivity contribution is 1.29. The molecule has 0 N–H and O–H groups in total. The van der Waals surface area contributed by atoms with E-state index < -0.39 is 0 Å². The summed E-state index contributed by atoms with van der Waals surface area (Å²) < 4.78 is 0. The Morgan fingerprint density at radius 2 is 1.15 bits per heavy atom. The minimum atomic E-state index is 0.778. The summed E-state index contributed by atoms with van der Waals surface area (Å²) in [6.07, 6.45) is 0. The van der Waals surface area contributed by atoms with Crippen molar-refractivity contribution in [1.29, 1.82) is 0 Å². The van der Waals surface area contributed by atoms with E-state index in [9.17, 15) is 0 Å². The van der Waals surface area contributed by atoms with Crippen molar-refractivity contribution in [1.82, 2.24) is 9.97 Å². The van der Waals surface area contributed by atoms with Crippen molar-refractivity contribution in [3.8, 4) is 0 Å². The van der Waals surface area contributed by atoms with Gasteiger partial charge >= 0.3 is 0 Å². The predicted molar refractivity (Wildman–Crippen MR) is 89.1 cm³/mol. The van der Waals surface area contributed by atoms with Gasteiger partial charge in [-0.15, -0.1) is 25.3 Å². The van der Waals surface area contributed by atoms with Gasteiger partial charge < -0.3 is 0 Å². The number of rotatable bonds is 0. The molecule has 0 fully saturated rings. The minimum Gasteiger partial charge on any atom is -0.244 e. The number of hydrogen-bond donors (Lipinski definition) is 2. The third kappa shape index (κ3) is 1.62. The van der Waals surface area contributed by atoms with E-state index in [4.69, 9.17) is 9.97 Å². The summed E-state index contributed by atoms with van der Waals surface area (Å²) in [4.78, 5) is 11.1. The molecule has 0 amide bonds. The van der Waals surface area contributed by atoms with E-state index in [1.165, 1.54) is 0 Å². The molecule has 3 aromatic carbocycles. The molecule has 0 aliphatic carbocycles. The van der Waals surface area contributed by atoms with Crippen LogP contribution in [-0.2, 0) is 0 Å².